The van der Waals surface area contributed by atoms with Gasteiger partial charge in [0.25, 0.3) is 0 Å². The molecule has 3 nitrogen and oxygen atoms in total. The quantitative estimate of drug-likeness (QED) is 0.835. The van der Waals surface area contributed by atoms with Gasteiger partial charge in [0.15, 0.2) is 0 Å². The van der Waals surface area contributed by atoms with E-state index < -0.39 is 12.0 Å². The largest absolute Gasteiger partial charge is 0.480 e. The predicted molar refractivity (Wildman–Crippen MR) is 89.1 cm³/mol. The molecule has 2 unspecified atom stereocenters. The van der Waals surface area contributed by atoms with Crippen LogP contribution in [0.15, 0.2) is 36.4 Å². The van der Waals surface area contributed by atoms with Gasteiger partial charge in [-0.25, -0.2) is 4.79 Å². The standard InChI is InChI=1S/C17H15Cl2NO2/c1-9-4-2-3-5-11(9)12-8-15(17(21)22)20-14-7-10(18)6-13(19)16(12)14/h2-7,12,15,20H,8H2,1H3,(H,21,22). The molecular weight excluding hydrogens is 321 g/mol. The summed E-state index contributed by atoms with van der Waals surface area (Å²) in [6.07, 6.45) is 0.453. The van der Waals surface area contributed by atoms with Gasteiger partial charge in [0.1, 0.15) is 6.04 Å². The van der Waals surface area contributed by atoms with Crippen molar-refractivity contribution in [2.45, 2.75) is 25.3 Å². The van der Waals surface area contributed by atoms with Crippen LogP contribution in [0.4, 0.5) is 5.69 Å². The van der Waals surface area contributed by atoms with Gasteiger partial charge in [-0.15, -0.1) is 0 Å². The minimum atomic E-state index is -0.875. The maximum Gasteiger partial charge on any atom is 0.326 e. The summed E-state index contributed by atoms with van der Waals surface area (Å²) in [5.74, 6) is -0.941. The van der Waals surface area contributed by atoms with Crippen molar-refractivity contribution in [3.05, 3.63) is 63.1 Å². The van der Waals surface area contributed by atoms with Gasteiger partial charge in [-0.05, 0) is 36.6 Å². The first kappa shape index (κ1) is 15.2. The Labute approximate surface area is 138 Å². The Hall–Kier alpha value is -1.71. The normalized spacial score (nSPS) is 20.1. The lowest BCUT2D eigenvalue weighted by molar-refractivity contribution is -0.138. The Kier molecular flexibility index (Phi) is 4.02. The molecule has 5 heteroatoms. The molecule has 1 heterocycles. The minimum Gasteiger partial charge on any atom is -0.480 e. The fraction of sp³-hybridized carbons (Fsp3) is 0.235. The summed E-state index contributed by atoms with van der Waals surface area (Å²) in [6, 6.07) is 10.8. The molecule has 2 atom stereocenters. The van der Waals surface area contributed by atoms with Crippen LogP contribution in [-0.2, 0) is 4.79 Å². The Morgan fingerprint density at radius 1 is 1.27 bits per heavy atom. The Morgan fingerprint density at radius 3 is 2.68 bits per heavy atom. The van der Waals surface area contributed by atoms with E-state index in [1.807, 2.05) is 31.2 Å². The van der Waals surface area contributed by atoms with Crippen LogP contribution in [0.3, 0.4) is 0 Å². The average molecular weight is 336 g/mol. The van der Waals surface area contributed by atoms with E-state index in [0.717, 1.165) is 16.7 Å². The highest BCUT2D eigenvalue weighted by Crippen LogP contribution is 2.44. The van der Waals surface area contributed by atoms with Crippen LogP contribution in [0.1, 0.15) is 29.0 Å². The lowest BCUT2D eigenvalue weighted by Crippen LogP contribution is -2.35. The van der Waals surface area contributed by atoms with Crippen molar-refractivity contribution in [1.82, 2.24) is 0 Å². The second-order valence-corrected chi connectivity index (χ2v) is 6.37. The third-order valence-corrected chi connectivity index (χ3v) is 4.64. The van der Waals surface area contributed by atoms with E-state index in [1.165, 1.54) is 0 Å². The van der Waals surface area contributed by atoms with Crippen LogP contribution in [0.2, 0.25) is 10.0 Å². The molecular formula is C17H15Cl2NO2. The number of anilines is 1. The van der Waals surface area contributed by atoms with Gasteiger partial charge in [0.05, 0.1) is 0 Å². The van der Waals surface area contributed by atoms with Crippen LogP contribution >= 0.6 is 23.2 Å². The van der Waals surface area contributed by atoms with E-state index >= 15 is 0 Å². The molecule has 3 rings (SSSR count). The van der Waals surface area contributed by atoms with Gasteiger partial charge in [0, 0.05) is 27.2 Å². The molecule has 22 heavy (non-hydrogen) atoms. The van der Waals surface area contributed by atoms with E-state index in [2.05, 4.69) is 5.32 Å². The van der Waals surface area contributed by atoms with Crippen LogP contribution < -0.4 is 5.32 Å². The van der Waals surface area contributed by atoms with Crippen molar-refractivity contribution in [2.75, 3.05) is 5.32 Å². The predicted octanol–water partition coefficient (Wildman–Crippen LogP) is 4.70. The van der Waals surface area contributed by atoms with E-state index in [-0.39, 0.29) is 5.92 Å². The first-order valence-electron chi connectivity index (χ1n) is 7.01. The van der Waals surface area contributed by atoms with Crippen molar-refractivity contribution in [3.8, 4) is 0 Å². The summed E-state index contributed by atoms with van der Waals surface area (Å²) >= 11 is 12.5. The second-order valence-electron chi connectivity index (χ2n) is 5.53. The van der Waals surface area contributed by atoms with Crippen LogP contribution in [0, 0.1) is 6.92 Å². The molecule has 0 spiro atoms. The zero-order valence-corrected chi connectivity index (χ0v) is 13.4. The van der Waals surface area contributed by atoms with E-state index in [4.69, 9.17) is 23.2 Å². The smallest absolute Gasteiger partial charge is 0.326 e. The first-order valence-corrected chi connectivity index (χ1v) is 7.76. The molecule has 114 valence electrons. The molecule has 2 N–H and O–H groups in total. The maximum absolute atomic E-state index is 11.5. The number of carboxylic acid groups (broad SMARTS) is 1. The lowest BCUT2D eigenvalue weighted by atomic mass is 9.80. The number of fused-ring (bicyclic) bond motifs is 1. The van der Waals surface area contributed by atoms with Gasteiger partial charge in [-0.2, -0.15) is 0 Å². The molecule has 0 saturated heterocycles. The Balaban J connectivity index is 2.18. The van der Waals surface area contributed by atoms with E-state index in [9.17, 15) is 9.90 Å². The number of carbonyl (C=O) groups is 1. The highest BCUT2D eigenvalue weighted by molar-refractivity contribution is 6.35. The van der Waals surface area contributed by atoms with Gasteiger partial charge < -0.3 is 10.4 Å². The first-order chi connectivity index (χ1) is 10.5. The summed E-state index contributed by atoms with van der Waals surface area (Å²) in [6.45, 7) is 2.02. The number of hydrogen-bond acceptors (Lipinski definition) is 2. The Bertz CT molecular complexity index is 745. The molecule has 0 aliphatic carbocycles. The highest BCUT2D eigenvalue weighted by atomic mass is 35.5. The van der Waals surface area contributed by atoms with Gasteiger partial charge in [-0.1, -0.05) is 47.5 Å². The third-order valence-electron chi connectivity index (χ3n) is 4.11. The summed E-state index contributed by atoms with van der Waals surface area (Å²) in [5.41, 5.74) is 3.83. The number of halogens is 2. The van der Waals surface area contributed by atoms with Crippen molar-refractivity contribution in [2.24, 2.45) is 0 Å². The van der Waals surface area contributed by atoms with Gasteiger partial charge in [-0.3, -0.25) is 0 Å². The SMILES string of the molecule is Cc1ccccc1C1CC(C(=O)O)Nc2cc(Cl)cc(Cl)c21. The molecule has 0 saturated carbocycles. The zero-order chi connectivity index (χ0) is 15.9. The summed E-state index contributed by atoms with van der Waals surface area (Å²) < 4.78 is 0. The average Bonchev–Trinajstić information content (AvgIpc) is 2.46. The number of rotatable bonds is 2. The molecule has 2 aromatic carbocycles. The number of aryl methyl sites for hydroxylation is 1. The molecule has 0 bridgehead atoms. The highest BCUT2D eigenvalue weighted by Gasteiger charge is 2.33. The molecule has 0 fully saturated rings. The molecule has 1 aliphatic rings. The summed E-state index contributed by atoms with van der Waals surface area (Å²) in [4.78, 5) is 11.5. The van der Waals surface area contributed by atoms with Crippen LogP contribution in [-0.4, -0.2) is 17.1 Å². The zero-order valence-electron chi connectivity index (χ0n) is 11.9. The monoisotopic (exact) mass is 335 g/mol. The molecule has 1 aliphatic heterocycles. The minimum absolute atomic E-state index is 0.0664. The van der Waals surface area contributed by atoms with E-state index in [1.54, 1.807) is 12.1 Å². The topological polar surface area (TPSA) is 49.3 Å². The number of aliphatic carboxylic acids is 1. The van der Waals surface area contributed by atoms with Crippen molar-refractivity contribution in [3.63, 3.8) is 0 Å². The summed E-state index contributed by atoms with van der Waals surface area (Å²) in [7, 11) is 0. The van der Waals surface area contributed by atoms with Crippen molar-refractivity contribution in [1.29, 1.82) is 0 Å². The third kappa shape index (κ3) is 2.67. The lowest BCUT2D eigenvalue weighted by Gasteiger charge is -2.33. The fourth-order valence-electron chi connectivity index (χ4n) is 3.08. The number of hydrogen-bond donors (Lipinski definition) is 2. The molecule has 0 radical (unpaired) electrons. The number of nitrogens with one attached hydrogen (secondary N) is 1. The van der Waals surface area contributed by atoms with Crippen molar-refractivity contribution < 1.29 is 9.90 Å². The fourth-order valence-corrected chi connectivity index (χ4v) is 3.71. The van der Waals surface area contributed by atoms with E-state index in [0.29, 0.717) is 22.2 Å². The number of carboxylic acids is 1. The number of benzene rings is 2. The van der Waals surface area contributed by atoms with Gasteiger partial charge >= 0.3 is 5.97 Å². The molecule has 0 aromatic heterocycles. The molecule has 2 aromatic rings. The second kappa shape index (κ2) is 5.82. The molecule has 0 amide bonds. The van der Waals surface area contributed by atoms with Crippen molar-refractivity contribution >= 4 is 34.9 Å². The summed E-state index contributed by atoms with van der Waals surface area (Å²) in [5, 5.41) is 13.5. The van der Waals surface area contributed by atoms with Crippen LogP contribution in [0.25, 0.3) is 0 Å². The maximum atomic E-state index is 11.5. The Morgan fingerprint density at radius 2 is 2.00 bits per heavy atom. The van der Waals surface area contributed by atoms with Crippen LogP contribution in [0.5, 0.6) is 0 Å². The van der Waals surface area contributed by atoms with Gasteiger partial charge in [0.2, 0.25) is 0 Å².